The van der Waals surface area contributed by atoms with E-state index in [0.717, 1.165) is 0 Å². The van der Waals surface area contributed by atoms with Crippen LogP contribution in [-0.2, 0) is 6.54 Å². The quantitative estimate of drug-likeness (QED) is 0.466. The third-order valence-corrected chi connectivity index (χ3v) is 3.03. The van der Waals surface area contributed by atoms with Gasteiger partial charge in [0.1, 0.15) is 5.65 Å². The summed E-state index contributed by atoms with van der Waals surface area (Å²) in [5, 5.41) is 0.993. The number of fused-ring (bicyclic) bond motifs is 1. The number of hydrogen-bond donors (Lipinski definition) is 0. The molecule has 0 spiro atoms. The Labute approximate surface area is 102 Å². The third kappa shape index (κ3) is 1.95. The molecule has 0 aromatic carbocycles. The number of carbonyl (C=O) groups excluding carboxylic acids is 1. The van der Waals surface area contributed by atoms with E-state index in [9.17, 15) is 9.59 Å². The van der Waals surface area contributed by atoms with Gasteiger partial charge in [-0.2, -0.15) is 0 Å². The minimum absolute atomic E-state index is 0.139. The van der Waals surface area contributed by atoms with E-state index in [4.69, 9.17) is 0 Å². The van der Waals surface area contributed by atoms with Gasteiger partial charge in [0.25, 0.3) is 0 Å². The van der Waals surface area contributed by atoms with Gasteiger partial charge in [-0.3, -0.25) is 9.59 Å². The van der Waals surface area contributed by atoms with Crippen LogP contribution < -0.4 is 5.43 Å². The topological polar surface area (TPSA) is 64.8 Å². The second-order valence-electron chi connectivity index (χ2n) is 3.41. The van der Waals surface area contributed by atoms with Crippen LogP contribution in [0.15, 0.2) is 22.3 Å². The molecule has 0 bridgehead atoms. The summed E-state index contributed by atoms with van der Waals surface area (Å²) in [7, 11) is 0. The number of aryl methyl sites for hydroxylation is 1. The summed E-state index contributed by atoms with van der Waals surface area (Å²) in [6.45, 7) is 2.57. The minimum Gasteiger partial charge on any atom is -0.332 e. The van der Waals surface area contributed by atoms with Gasteiger partial charge in [-0.25, -0.2) is 9.97 Å². The summed E-state index contributed by atoms with van der Waals surface area (Å²) in [5.74, 6) is 0. The maximum Gasteiger partial charge on any atom is 0.203 e. The molecular weight excluding hydrogens is 238 g/mol. The van der Waals surface area contributed by atoms with Gasteiger partial charge >= 0.3 is 0 Å². The Hall–Kier alpha value is -1.69. The van der Waals surface area contributed by atoms with Crippen molar-refractivity contribution in [1.29, 1.82) is 0 Å². The number of nitrogens with zero attached hydrogens (tertiary/aromatic N) is 3. The van der Waals surface area contributed by atoms with Crippen molar-refractivity contribution in [3.63, 3.8) is 0 Å². The highest BCUT2D eigenvalue weighted by atomic mass is 32.2. The van der Waals surface area contributed by atoms with Crippen LogP contribution in [0.3, 0.4) is 0 Å². The summed E-state index contributed by atoms with van der Waals surface area (Å²) in [6, 6.07) is 0. The van der Waals surface area contributed by atoms with Crippen LogP contribution in [-0.4, -0.2) is 27.1 Å². The Morgan fingerprint density at radius 1 is 1.53 bits per heavy atom. The minimum atomic E-state index is -0.313. The van der Waals surface area contributed by atoms with Crippen LogP contribution in [0.4, 0.5) is 0 Å². The Balaban J connectivity index is 2.89. The number of hydrogen-bond acceptors (Lipinski definition) is 5. The van der Waals surface area contributed by atoms with Crippen LogP contribution in [0.25, 0.3) is 11.0 Å². The number of thioether (sulfide) groups is 1. The highest BCUT2D eigenvalue weighted by Crippen LogP contribution is 2.13. The lowest BCUT2D eigenvalue weighted by Gasteiger charge is -2.08. The Kier molecular flexibility index (Phi) is 3.23. The molecular formula is C11H11N3O2S. The Morgan fingerprint density at radius 3 is 2.88 bits per heavy atom. The van der Waals surface area contributed by atoms with E-state index in [1.165, 1.54) is 24.2 Å². The van der Waals surface area contributed by atoms with Crippen molar-refractivity contribution in [1.82, 2.24) is 14.5 Å². The lowest BCUT2D eigenvalue weighted by molar-refractivity contribution is 0.112. The fraction of sp³-hybridized carbons (Fsp3) is 0.273. The largest absolute Gasteiger partial charge is 0.332 e. The average molecular weight is 249 g/mol. The predicted molar refractivity (Wildman–Crippen MR) is 66.6 cm³/mol. The number of pyridine rings is 1. The maximum absolute atomic E-state index is 11.9. The SMILES string of the molecule is CCn1cc(C=O)c(=O)c2cnc(SC)nc21. The zero-order valence-electron chi connectivity index (χ0n) is 9.51. The fourth-order valence-corrected chi connectivity index (χ4v) is 1.94. The molecule has 0 radical (unpaired) electrons. The molecule has 17 heavy (non-hydrogen) atoms. The van der Waals surface area contributed by atoms with Gasteiger partial charge in [0.15, 0.2) is 11.4 Å². The number of carbonyl (C=O) groups is 1. The zero-order valence-corrected chi connectivity index (χ0v) is 10.3. The van der Waals surface area contributed by atoms with Gasteiger partial charge in [-0.05, 0) is 13.2 Å². The zero-order chi connectivity index (χ0) is 12.4. The molecule has 0 aliphatic carbocycles. The van der Waals surface area contributed by atoms with Gasteiger partial charge < -0.3 is 4.57 Å². The smallest absolute Gasteiger partial charge is 0.203 e. The highest BCUT2D eigenvalue weighted by molar-refractivity contribution is 7.98. The lowest BCUT2D eigenvalue weighted by Crippen LogP contribution is -2.15. The van der Waals surface area contributed by atoms with E-state index in [0.29, 0.717) is 29.0 Å². The second kappa shape index (κ2) is 4.67. The molecule has 0 aliphatic rings. The van der Waals surface area contributed by atoms with Crippen LogP contribution in [0, 0.1) is 0 Å². The first-order chi connectivity index (χ1) is 8.21. The number of aromatic nitrogens is 3. The molecule has 0 fully saturated rings. The van der Waals surface area contributed by atoms with Crippen LogP contribution in [0.1, 0.15) is 17.3 Å². The first-order valence-corrected chi connectivity index (χ1v) is 6.33. The van der Waals surface area contributed by atoms with Crippen molar-refractivity contribution in [3.8, 4) is 0 Å². The monoisotopic (exact) mass is 249 g/mol. The standard InChI is InChI=1S/C11H11N3O2S/c1-3-14-5-7(6-15)9(16)8-4-12-11(17-2)13-10(8)14/h4-6H,3H2,1-2H3. The first kappa shape index (κ1) is 11.8. The second-order valence-corrected chi connectivity index (χ2v) is 4.18. The molecule has 5 nitrogen and oxygen atoms in total. The van der Waals surface area contributed by atoms with E-state index in [2.05, 4.69) is 9.97 Å². The molecule has 2 aromatic rings. The van der Waals surface area contributed by atoms with Crippen molar-refractivity contribution < 1.29 is 4.79 Å². The summed E-state index contributed by atoms with van der Waals surface area (Å²) in [6.07, 6.45) is 5.45. The normalized spacial score (nSPS) is 10.7. The Bertz CT molecular complexity index is 636. The molecule has 88 valence electrons. The number of rotatable bonds is 3. The molecule has 0 atom stereocenters. The lowest BCUT2D eigenvalue weighted by atomic mass is 10.2. The van der Waals surface area contributed by atoms with Crippen molar-refractivity contribution >= 4 is 29.1 Å². The van der Waals surface area contributed by atoms with E-state index in [-0.39, 0.29) is 11.0 Å². The number of aldehydes is 1. The van der Waals surface area contributed by atoms with Crippen molar-refractivity contribution in [2.45, 2.75) is 18.6 Å². The van der Waals surface area contributed by atoms with Gasteiger partial charge in [-0.1, -0.05) is 11.8 Å². The van der Waals surface area contributed by atoms with Crippen LogP contribution in [0.5, 0.6) is 0 Å². The molecule has 0 N–H and O–H groups in total. The van der Waals surface area contributed by atoms with Crippen molar-refractivity contribution in [2.24, 2.45) is 0 Å². The van der Waals surface area contributed by atoms with Gasteiger partial charge in [-0.15, -0.1) is 0 Å². The molecule has 0 saturated carbocycles. The molecule has 0 amide bonds. The molecule has 6 heteroatoms. The molecule has 0 saturated heterocycles. The van der Waals surface area contributed by atoms with E-state index in [1.807, 2.05) is 13.2 Å². The molecule has 2 heterocycles. The highest BCUT2D eigenvalue weighted by Gasteiger charge is 2.10. The predicted octanol–water partition coefficient (Wildman–Crippen LogP) is 1.35. The van der Waals surface area contributed by atoms with E-state index in [1.54, 1.807) is 4.57 Å². The van der Waals surface area contributed by atoms with Crippen LogP contribution >= 0.6 is 11.8 Å². The van der Waals surface area contributed by atoms with E-state index >= 15 is 0 Å². The summed E-state index contributed by atoms with van der Waals surface area (Å²) >= 11 is 1.41. The summed E-state index contributed by atoms with van der Waals surface area (Å²) < 4.78 is 1.78. The molecule has 2 rings (SSSR count). The fourth-order valence-electron chi connectivity index (χ4n) is 1.60. The van der Waals surface area contributed by atoms with E-state index < -0.39 is 0 Å². The van der Waals surface area contributed by atoms with Gasteiger partial charge in [0.2, 0.25) is 5.43 Å². The maximum atomic E-state index is 11.9. The van der Waals surface area contributed by atoms with Crippen LogP contribution in [0.2, 0.25) is 0 Å². The molecule has 0 aliphatic heterocycles. The summed E-state index contributed by atoms with van der Waals surface area (Å²) in [4.78, 5) is 31.1. The van der Waals surface area contributed by atoms with Crippen molar-refractivity contribution in [2.75, 3.05) is 6.26 Å². The average Bonchev–Trinajstić information content (AvgIpc) is 2.39. The molecule has 2 aromatic heterocycles. The first-order valence-electron chi connectivity index (χ1n) is 5.10. The van der Waals surface area contributed by atoms with Gasteiger partial charge in [0, 0.05) is 18.9 Å². The summed E-state index contributed by atoms with van der Waals surface area (Å²) in [5.41, 5.74) is 0.398. The molecule has 0 unspecified atom stereocenters. The van der Waals surface area contributed by atoms with Gasteiger partial charge in [0.05, 0.1) is 10.9 Å². The van der Waals surface area contributed by atoms with Crippen molar-refractivity contribution in [3.05, 3.63) is 28.2 Å². The third-order valence-electron chi connectivity index (χ3n) is 2.47. The Morgan fingerprint density at radius 2 is 2.29 bits per heavy atom.